The Labute approximate surface area is 111 Å². The van der Waals surface area contributed by atoms with Crippen molar-refractivity contribution < 1.29 is 24.5 Å². The Morgan fingerprint density at radius 1 is 1.42 bits per heavy atom. The van der Waals surface area contributed by atoms with Gasteiger partial charge in [-0.25, -0.2) is 4.79 Å². The quantitative estimate of drug-likeness (QED) is 0.700. The van der Waals surface area contributed by atoms with E-state index in [0.717, 1.165) is 5.56 Å². The van der Waals surface area contributed by atoms with Crippen LogP contribution in [0.4, 0.5) is 0 Å². The third kappa shape index (κ3) is 4.26. The van der Waals surface area contributed by atoms with Crippen molar-refractivity contribution in [3.8, 4) is 5.75 Å². The van der Waals surface area contributed by atoms with Crippen LogP contribution in [0.5, 0.6) is 5.75 Å². The van der Waals surface area contributed by atoms with E-state index in [1.807, 2.05) is 6.92 Å². The number of aliphatic carboxylic acids is 1. The van der Waals surface area contributed by atoms with Crippen molar-refractivity contribution in [3.05, 3.63) is 29.3 Å². The lowest BCUT2D eigenvalue weighted by Crippen LogP contribution is -2.30. The number of carbonyl (C=O) groups is 2. The third-order valence-corrected chi connectivity index (χ3v) is 2.66. The van der Waals surface area contributed by atoms with E-state index >= 15 is 0 Å². The Bertz CT molecular complexity index is 472. The van der Waals surface area contributed by atoms with Gasteiger partial charge in [0.1, 0.15) is 5.75 Å². The van der Waals surface area contributed by atoms with Gasteiger partial charge in [0, 0.05) is 18.5 Å². The molecule has 1 rings (SSSR count). The van der Waals surface area contributed by atoms with Crippen LogP contribution in [0.25, 0.3) is 0 Å². The monoisotopic (exact) mass is 267 g/mol. The number of hydrogen-bond acceptors (Lipinski definition) is 4. The molecule has 0 aliphatic heterocycles. The first kappa shape index (κ1) is 15.0. The summed E-state index contributed by atoms with van der Waals surface area (Å²) in [5.41, 5.74) is 1.34. The molecule has 0 radical (unpaired) electrons. The summed E-state index contributed by atoms with van der Waals surface area (Å²) < 4.78 is 5.11. The zero-order chi connectivity index (χ0) is 14.4. The molecule has 1 aromatic rings. The number of aryl methyl sites for hydroxylation is 1. The number of rotatable bonds is 6. The molecule has 1 aromatic carbocycles. The number of carboxylic acid groups (broad SMARTS) is 1. The van der Waals surface area contributed by atoms with Gasteiger partial charge >= 0.3 is 5.97 Å². The smallest absolute Gasteiger partial charge is 0.332 e. The summed E-state index contributed by atoms with van der Waals surface area (Å²) in [6, 6.07) is 5.03. The minimum atomic E-state index is -1.46. The van der Waals surface area contributed by atoms with Gasteiger partial charge in [-0.1, -0.05) is 6.07 Å². The highest BCUT2D eigenvalue weighted by molar-refractivity contribution is 5.94. The summed E-state index contributed by atoms with van der Waals surface area (Å²) in [6.45, 7) is 1.95. The maximum Gasteiger partial charge on any atom is 0.332 e. The number of benzene rings is 1. The van der Waals surface area contributed by atoms with E-state index in [0.29, 0.717) is 11.3 Å². The van der Waals surface area contributed by atoms with Crippen molar-refractivity contribution in [1.82, 2.24) is 5.32 Å². The van der Waals surface area contributed by atoms with Crippen LogP contribution in [-0.4, -0.2) is 41.8 Å². The van der Waals surface area contributed by atoms with Gasteiger partial charge in [0.25, 0.3) is 5.91 Å². The van der Waals surface area contributed by atoms with Gasteiger partial charge in [-0.2, -0.15) is 0 Å². The summed E-state index contributed by atoms with van der Waals surface area (Å²) in [7, 11) is 1.52. The average molecular weight is 267 g/mol. The van der Waals surface area contributed by atoms with Crippen LogP contribution < -0.4 is 10.1 Å². The van der Waals surface area contributed by atoms with Gasteiger partial charge in [-0.05, 0) is 24.6 Å². The van der Waals surface area contributed by atoms with E-state index in [9.17, 15) is 9.59 Å². The second kappa shape index (κ2) is 6.75. The standard InChI is InChI=1S/C13H17NO5/c1-8-3-4-9(7-11(8)19-2)12(16)14-6-5-10(15)13(17)18/h3-4,7,10,15H,5-6H2,1-2H3,(H,14,16)(H,17,18). The number of nitrogens with one attached hydrogen (secondary N) is 1. The van der Waals surface area contributed by atoms with Gasteiger partial charge in [0.05, 0.1) is 7.11 Å². The van der Waals surface area contributed by atoms with Gasteiger partial charge in [-0.15, -0.1) is 0 Å². The zero-order valence-corrected chi connectivity index (χ0v) is 10.8. The molecule has 0 fully saturated rings. The van der Waals surface area contributed by atoms with E-state index < -0.39 is 12.1 Å². The van der Waals surface area contributed by atoms with E-state index in [1.54, 1.807) is 18.2 Å². The molecule has 0 spiro atoms. The highest BCUT2D eigenvalue weighted by Crippen LogP contribution is 2.18. The van der Waals surface area contributed by atoms with Crippen LogP contribution in [0.15, 0.2) is 18.2 Å². The molecule has 6 heteroatoms. The lowest BCUT2D eigenvalue weighted by molar-refractivity contribution is -0.146. The second-order valence-corrected chi connectivity index (χ2v) is 4.08. The van der Waals surface area contributed by atoms with Crippen LogP contribution in [0.3, 0.4) is 0 Å². The lowest BCUT2D eigenvalue weighted by Gasteiger charge is -2.09. The highest BCUT2D eigenvalue weighted by Gasteiger charge is 2.13. The molecule has 6 nitrogen and oxygen atoms in total. The van der Waals surface area contributed by atoms with Gasteiger partial charge < -0.3 is 20.3 Å². The molecule has 1 amide bonds. The number of hydrogen-bond donors (Lipinski definition) is 3. The zero-order valence-electron chi connectivity index (χ0n) is 10.8. The summed E-state index contributed by atoms with van der Waals surface area (Å²) in [5, 5.41) is 20.1. The van der Waals surface area contributed by atoms with Gasteiger partial charge in [0.15, 0.2) is 6.10 Å². The van der Waals surface area contributed by atoms with Crippen LogP contribution in [0, 0.1) is 6.92 Å². The third-order valence-electron chi connectivity index (χ3n) is 2.66. The molecule has 1 atom stereocenters. The van der Waals surface area contributed by atoms with E-state index in [2.05, 4.69) is 5.32 Å². The summed E-state index contributed by atoms with van der Waals surface area (Å²) in [6.07, 6.45) is -1.50. The van der Waals surface area contributed by atoms with Crippen molar-refractivity contribution >= 4 is 11.9 Å². The van der Waals surface area contributed by atoms with Crippen molar-refractivity contribution in [2.24, 2.45) is 0 Å². The molecule has 0 saturated carbocycles. The molecular weight excluding hydrogens is 250 g/mol. The number of aliphatic hydroxyl groups excluding tert-OH is 1. The van der Waals surface area contributed by atoms with Crippen LogP contribution >= 0.6 is 0 Å². The molecule has 104 valence electrons. The molecule has 0 bridgehead atoms. The normalized spacial score (nSPS) is 11.7. The van der Waals surface area contributed by atoms with Gasteiger partial charge in [0.2, 0.25) is 0 Å². The molecule has 0 aliphatic carbocycles. The van der Waals surface area contributed by atoms with E-state index in [-0.39, 0.29) is 18.9 Å². The Kier molecular flexibility index (Phi) is 5.32. The number of amides is 1. The average Bonchev–Trinajstić information content (AvgIpc) is 2.38. The fourth-order valence-corrected chi connectivity index (χ4v) is 1.51. The topological polar surface area (TPSA) is 95.9 Å². The lowest BCUT2D eigenvalue weighted by atomic mass is 10.1. The molecule has 19 heavy (non-hydrogen) atoms. The number of carbonyl (C=O) groups excluding carboxylic acids is 1. The maximum atomic E-state index is 11.8. The first-order chi connectivity index (χ1) is 8.95. The van der Waals surface area contributed by atoms with Crippen LogP contribution in [0.2, 0.25) is 0 Å². The van der Waals surface area contributed by atoms with Crippen molar-refractivity contribution in [2.45, 2.75) is 19.4 Å². The molecule has 3 N–H and O–H groups in total. The minimum absolute atomic E-state index is 0.0376. The predicted molar refractivity (Wildman–Crippen MR) is 68.3 cm³/mol. The Balaban J connectivity index is 2.56. The molecular formula is C13H17NO5. The first-order valence-corrected chi connectivity index (χ1v) is 5.79. The molecule has 1 unspecified atom stereocenters. The number of carboxylic acids is 1. The van der Waals surface area contributed by atoms with E-state index in [1.165, 1.54) is 7.11 Å². The van der Waals surface area contributed by atoms with Crippen LogP contribution in [-0.2, 0) is 4.79 Å². The van der Waals surface area contributed by atoms with Crippen molar-refractivity contribution in [2.75, 3.05) is 13.7 Å². The van der Waals surface area contributed by atoms with Crippen LogP contribution in [0.1, 0.15) is 22.3 Å². The SMILES string of the molecule is COc1cc(C(=O)NCCC(O)C(=O)O)ccc1C. The first-order valence-electron chi connectivity index (χ1n) is 5.79. The highest BCUT2D eigenvalue weighted by atomic mass is 16.5. The molecule has 0 heterocycles. The second-order valence-electron chi connectivity index (χ2n) is 4.08. The molecule has 0 aromatic heterocycles. The number of aliphatic hydroxyl groups is 1. The maximum absolute atomic E-state index is 11.8. The van der Waals surface area contributed by atoms with Gasteiger partial charge in [-0.3, -0.25) is 4.79 Å². The summed E-state index contributed by atoms with van der Waals surface area (Å²) >= 11 is 0. The Morgan fingerprint density at radius 3 is 2.68 bits per heavy atom. The minimum Gasteiger partial charge on any atom is -0.496 e. The van der Waals surface area contributed by atoms with Crippen molar-refractivity contribution in [3.63, 3.8) is 0 Å². The number of methoxy groups -OCH3 is 1. The fraction of sp³-hybridized carbons (Fsp3) is 0.385. The summed E-state index contributed by atoms with van der Waals surface area (Å²) in [4.78, 5) is 22.2. The molecule has 0 saturated heterocycles. The largest absolute Gasteiger partial charge is 0.496 e. The Morgan fingerprint density at radius 2 is 2.11 bits per heavy atom. The molecule has 0 aliphatic rings. The fourth-order valence-electron chi connectivity index (χ4n) is 1.51. The Hall–Kier alpha value is -2.08. The summed E-state index contributed by atoms with van der Waals surface area (Å²) in [5.74, 6) is -1.03. The van der Waals surface area contributed by atoms with Crippen molar-refractivity contribution in [1.29, 1.82) is 0 Å². The predicted octanol–water partition coefficient (Wildman–Crippen LogP) is 0.569. The van der Waals surface area contributed by atoms with E-state index in [4.69, 9.17) is 14.9 Å². The number of ether oxygens (including phenoxy) is 1.